The van der Waals surface area contributed by atoms with E-state index in [2.05, 4.69) is 16.6 Å². The fourth-order valence-corrected chi connectivity index (χ4v) is 2.26. The first-order chi connectivity index (χ1) is 11.0. The van der Waals surface area contributed by atoms with E-state index >= 15 is 0 Å². The van der Waals surface area contributed by atoms with Gasteiger partial charge in [0.1, 0.15) is 5.75 Å². The Labute approximate surface area is 137 Å². The lowest BCUT2D eigenvalue weighted by atomic mass is 10.0. The number of amides is 1. The van der Waals surface area contributed by atoms with Crippen LogP contribution in [0, 0.1) is 13.8 Å². The van der Waals surface area contributed by atoms with Crippen LogP contribution in [0.3, 0.4) is 0 Å². The van der Waals surface area contributed by atoms with Gasteiger partial charge in [-0.2, -0.15) is 5.10 Å². The summed E-state index contributed by atoms with van der Waals surface area (Å²) in [7, 11) is 0. The lowest BCUT2D eigenvalue weighted by Crippen LogP contribution is -2.24. The Hall–Kier alpha value is -2.62. The lowest BCUT2D eigenvalue weighted by molar-refractivity contribution is -0.123. The maximum absolute atomic E-state index is 11.8. The average Bonchev–Trinajstić information content (AvgIpc) is 2.53. The van der Waals surface area contributed by atoms with Gasteiger partial charge in [-0.25, -0.2) is 5.43 Å². The van der Waals surface area contributed by atoms with Crippen molar-refractivity contribution >= 4 is 12.1 Å². The first-order valence-corrected chi connectivity index (χ1v) is 7.62. The molecule has 2 aromatic rings. The van der Waals surface area contributed by atoms with Gasteiger partial charge in [-0.05, 0) is 42.7 Å². The third kappa shape index (κ3) is 5.58. The van der Waals surface area contributed by atoms with E-state index in [1.807, 2.05) is 63.2 Å². The summed E-state index contributed by atoms with van der Waals surface area (Å²) in [5, 5.41) is 3.99. The molecule has 0 saturated heterocycles. The molecular weight excluding hydrogens is 288 g/mol. The maximum atomic E-state index is 11.8. The van der Waals surface area contributed by atoms with Crippen LogP contribution < -0.4 is 10.2 Å². The van der Waals surface area contributed by atoms with Gasteiger partial charge in [-0.15, -0.1) is 0 Å². The Balaban J connectivity index is 1.80. The normalized spacial score (nSPS) is 12.1. The molecule has 1 atom stereocenters. The van der Waals surface area contributed by atoms with Gasteiger partial charge < -0.3 is 4.74 Å². The largest absolute Gasteiger partial charge is 0.484 e. The molecule has 0 unspecified atom stereocenters. The van der Waals surface area contributed by atoms with Crippen molar-refractivity contribution in [2.24, 2.45) is 5.10 Å². The monoisotopic (exact) mass is 310 g/mol. The van der Waals surface area contributed by atoms with Gasteiger partial charge in [-0.1, -0.05) is 43.3 Å². The van der Waals surface area contributed by atoms with Crippen molar-refractivity contribution < 1.29 is 9.53 Å². The van der Waals surface area contributed by atoms with E-state index in [0.717, 1.165) is 16.7 Å². The van der Waals surface area contributed by atoms with Gasteiger partial charge in [0.25, 0.3) is 5.91 Å². The number of nitrogens with zero attached hydrogens (tertiary/aromatic N) is 1. The number of hydrogen-bond donors (Lipinski definition) is 1. The number of aryl methyl sites for hydroxylation is 2. The zero-order valence-corrected chi connectivity index (χ0v) is 13.7. The van der Waals surface area contributed by atoms with Crippen molar-refractivity contribution in [2.75, 3.05) is 6.61 Å². The van der Waals surface area contributed by atoms with Crippen molar-refractivity contribution in [3.05, 3.63) is 65.2 Å². The third-order valence-corrected chi connectivity index (χ3v) is 3.38. The van der Waals surface area contributed by atoms with E-state index in [1.165, 1.54) is 0 Å². The van der Waals surface area contributed by atoms with Crippen molar-refractivity contribution in [3.8, 4) is 5.75 Å². The molecule has 0 spiro atoms. The van der Waals surface area contributed by atoms with Crippen LogP contribution in [0.5, 0.6) is 5.75 Å². The standard InChI is InChI=1S/C19H22N2O2/c1-14-9-15(2)11-18(10-14)23-13-19(22)21-20-12-16(3)17-7-5-4-6-8-17/h4-12,16H,13H2,1-3H3,(H,21,22)/b20-12-/t16-/m0/s1. The van der Waals surface area contributed by atoms with E-state index in [-0.39, 0.29) is 18.4 Å². The van der Waals surface area contributed by atoms with E-state index in [0.29, 0.717) is 5.75 Å². The fraction of sp³-hybridized carbons (Fsp3) is 0.263. The Morgan fingerprint density at radius 3 is 2.48 bits per heavy atom. The lowest BCUT2D eigenvalue weighted by Gasteiger charge is -2.08. The molecule has 0 saturated carbocycles. The molecule has 4 heteroatoms. The molecule has 0 fully saturated rings. The van der Waals surface area contributed by atoms with Crippen LogP contribution in [0.15, 0.2) is 53.6 Å². The number of carbonyl (C=O) groups excluding carboxylic acids is 1. The molecule has 0 bridgehead atoms. The van der Waals surface area contributed by atoms with Crippen LogP contribution in [-0.2, 0) is 4.79 Å². The molecule has 23 heavy (non-hydrogen) atoms. The van der Waals surface area contributed by atoms with E-state index < -0.39 is 0 Å². The van der Waals surface area contributed by atoms with E-state index in [9.17, 15) is 4.79 Å². The van der Waals surface area contributed by atoms with Crippen LogP contribution in [0.25, 0.3) is 0 Å². The first-order valence-electron chi connectivity index (χ1n) is 7.62. The molecule has 2 rings (SSSR count). The second-order valence-electron chi connectivity index (χ2n) is 5.62. The predicted molar refractivity (Wildman–Crippen MR) is 92.9 cm³/mol. The first kappa shape index (κ1) is 16.7. The number of carbonyl (C=O) groups is 1. The molecular formula is C19H22N2O2. The molecule has 4 nitrogen and oxygen atoms in total. The molecule has 1 N–H and O–H groups in total. The third-order valence-electron chi connectivity index (χ3n) is 3.38. The summed E-state index contributed by atoms with van der Waals surface area (Å²) in [5.41, 5.74) is 5.85. The molecule has 0 aliphatic rings. The van der Waals surface area contributed by atoms with Crippen molar-refractivity contribution in [3.63, 3.8) is 0 Å². The zero-order chi connectivity index (χ0) is 16.7. The average molecular weight is 310 g/mol. The molecule has 1 amide bonds. The summed E-state index contributed by atoms with van der Waals surface area (Å²) < 4.78 is 5.49. The highest BCUT2D eigenvalue weighted by Gasteiger charge is 2.04. The van der Waals surface area contributed by atoms with Crippen LogP contribution in [0.4, 0.5) is 0 Å². The van der Waals surface area contributed by atoms with Crippen LogP contribution >= 0.6 is 0 Å². The highest BCUT2D eigenvalue weighted by Crippen LogP contribution is 2.16. The minimum absolute atomic E-state index is 0.0556. The molecule has 0 heterocycles. The van der Waals surface area contributed by atoms with Gasteiger partial charge in [-0.3, -0.25) is 4.79 Å². The second kappa shape index (κ2) is 8.13. The summed E-state index contributed by atoms with van der Waals surface area (Å²) in [6.45, 7) is 5.96. The number of nitrogens with one attached hydrogen (secondary N) is 1. The Morgan fingerprint density at radius 1 is 1.17 bits per heavy atom. The highest BCUT2D eigenvalue weighted by molar-refractivity contribution is 5.79. The molecule has 0 radical (unpaired) electrons. The van der Waals surface area contributed by atoms with Gasteiger partial charge in [0.2, 0.25) is 0 Å². The summed E-state index contributed by atoms with van der Waals surface area (Å²) in [4.78, 5) is 11.8. The number of ether oxygens (including phenoxy) is 1. The van der Waals surface area contributed by atoms with Crippen LogP contribution in [-0.4, -0.2) is 18.7 Å². The number of hydrazone groups is 1. The fourth-order valence-electron chi connectivity index (χ4n) is 2.26. The number of rotatable bonds is 6. The summed E-state index contributed by atoms with van der Waals surface area (Å²) in [5.74, 6) is 0.553. The predicted octanol–water partition coefficient (Wildman–Crippen LogP) is 3.59. The molecule has 0 aromatic heterocycles. The molecule has 120 valence electrons. The van der Waals surface area contributed by atoms with E-state index in [4.69, 9.17) is 4.74 Å². The minimum Gasteiger partial charge on any atom is -0.484 e. The SMILES string of the molecule is Cc1cc(C)cc(OCC(=O)N/N=C\[C@H](C)c2ccccc2)c1. The van der Waals surface area contributed by atoms with Crippen molar-refractivity contribution in [1.29, 1.82) is 0 Å². The summed E-state index contributed by atoms with van der Waals surface area (Å²) in [6, 6.07) is 15.9. The minimum atomic E-state index is -0.277. The summed E-state index contributed by atoms with van der Waals surface area (Å²) >= 11 is 0. The van der Waals surface area contributed by atoms with Gasteiger partial charge >= 0.3 is 0 Å². The van der Waals surface area contributed by atoms with Gasteiger partial charge in [0.15, 0.2) is 6.61 Å². The number of hydrogen-bond acceptors (Lipinski definition) is 3. The maximum Gasteiger partial charge on any atom is 0.277 e. The molecule has 2 aromatic carbocycles. The van der Waals surface area contributed by atoms with Crippen molar-refractivity contribution in [1.82, 2.24) is 5.43 Å². The Morgan fingerprint density at radius 2 is 1.83 bits per heavy atom. The summed E-state index contributed by atoms with van der Waals surface area (Å²) in [6.07, 6.45) is 1.71. The van der Waals surface area contributed by atoms with Crippen LogP contribution in [0.2, 0.25) is 0 Å². The smallest absolute Gasteiger partial charge is 0.277 e. The highest BCUT2D eigenvalue weighted by atomic mass is 16.5. The van der Waals surface area contributed by atoms with Gasteiger partial charge in [0, 0.05) is 12.1 Å². The van der Waals surface area contributed by atoms with E-state index in [1.54, 1.807) is 6.21 Å². The Bertz CT molecular complexity index is 661. The zero-order valence-electron chi connectivity index (χ0n) is 13.7. The molecule has 0 aliphatic carbocycles. The number of benzene rings is 2. The van der Waals surface area contributed by atoms with Crippen molar-refractivity contribution in [2.45, 2.75) is 26.7 Å². The second-order valence-corrected chi connectivity index (χ2v) is 5.62. The van der Waals surface area contributed by atoms with Crippen LogP contribution in [0.1, 0.15) is 29.5 Å². The van der Waals surface area contributed by atoms with Gasteiger partial charge in [0.05, 0.1) is 0 Å². The molecule has 0 aliphatic heterocycles. The Kier molecular flexibility index (Phi) is 5.92. The quantitative estimate of drug-likeness (QED) is 0.655. The topological polar surface area (TPSA) is 50.7 Å².